The van der Waals surface area contributed by atoms with Gasteiger partial charge < -0.3 is 5.73 Å². The molecule has 18 heavy (non-hydrogen) atoms. The average molecular weight is 248 g/mol. The maximum absolute atomic E-state index is 5.81. The van der Waals surface area contributed by atoms with Crippen molar-refractivity contribution in [2.75, 3.05) is 5.73 Å². The SMILES string of the molecule is CCCc1c(N)nnn1Cc1ccn(C(C)C)n1. The molecule has 0 fully saturated rings. The lowest BCUT2D eigenvalue weighted by molar-refractivity contribution is 0.516. The highest BCUT2D eigenvalue weighted by Crippen LogP contribution is 2.12. The van der Waals surface area contributed by atoms with Gasteiger partial charge in [-0.05, 0) is 26.3 Å². The molecule has 2 heterocycles. The number of anilines is 1. The third-order valence-electron chi connectivity index (χ3n) is 2.86. The molecule has 98 valence electrons. The maximum atomic E-state index is 5.81. The van der Waals surface area contributed by atoms with Gasteiger partial charge in [-0.15, -0.1) is 5.10 Å². The summed E-state index contributed by atoms with van der Waals surface area (Å²) in [7, 11) is 0. The predicted octanol–water partition coefficient (Wildman–Crippen LogP) is 1.64. The van der Waals surface area contributed by atoms with Crippen molar-refractivity contribution in [1.82, 2.24) is 24.8 Å². The number of aromatic nitrogens is 5. The van der Waals surface area contributed by atoms with Gasteiger partial charge in [0, 0.05) is 12.2 Å². The van der Waals surface area contributed by atoms with Crippen LogP contribution >= 0.6 is 0 Å². The fourth-order valence-corrected chi connectivity index (χ4v) is 1.87. The summed E-state index contributed by atoms with van der Waals surface area (Å²) in [5, 5.41) is 12.5. The third kappa shape index (κ3) is 2.52. The summed E-state index contributed by atoms with van der Waals surface area (Å²) in [4.78, 5) is 0. The van der Waals surface area contributed by atoms with Crippen molar-refractivity contribution in [1.29, 1.82) is 0 Å². The van der Waals surface area contributed by atoms with Crippen molar-refractivity contribution < 1.29 is 0 Å². The highest BCUT2D eigenvalue weighted by molar-refractivity contribution is 5.33. The van der Waals surface area contributed by atoms with E-state index in [2.05, 4.69) is 36.2 Å². The number of nitrogens with two attached hydrogens (primary N) is 1. The summed E-state index contributed by atoms with van der Waals surface area (Å²) >= 11 is 0. The van der Waals surface area contributed by atoms with E-state index in [-0.39, 0.29) is 0 Å². The van der Waals surface area contributed by atoms with Gasteiger partial charge >= 0.3 is 0 Å². The molecule has 0 spiro atoms. The van der Waals surface area contributed by atoms with Crippen molar-refractivity contribution in [3.8, 4) is 0 Å². The van der Waals surface area contributed by atoms with Gasteiger partial charge in [-0.3, -0.25) is 4.68 Å². The highest BCUT2D eigenvalue weighted by Gasteiger charge is 2.11. The van der Waals surface area contributed by atoms with E-state index in [1.807, 2.05) is 21.6 Å². The van der Waals surface area contributed by atoms with Crippen LogP contribution in [0.15, 0.2) is 12.3 Å². The van der Waals surface area contributed by atoms with E-state index in [1.54, 1.807) is 0 Å². The van der Waals surface area contributed by atoms with Crippen molar-refractivity contribution in [3.63, 3.8) is 0 Å². The van der Waals surface area contributed by atoms with E-state index in [0.717, 1.165) is 24.2 Å². The fraction of sp³-hybridized carbons (Fsp3) is 0.583. The molecule has 0 saturated carbocycles. The Kier molecular flexibility index (Phi) is 3.64. The lowest BCUT2D eigenvalue weighted by Gasteiger charge is -2.05. The zero-order valence-corrected chi connectivity index (χ0v) is 11.2. The van der Waals surface area contributed by atoms with Crippen LogP contribution in [0.25, 0.3) is 0 Å². The van der Waals surface area contributed by atoms with Crippen LogP contribution in [-0.2, 0) is 13.0 Å². The summed E-state index contributed by atoms with van der Waals surface area (Å²) < 4.78 is 3.78. The Morgan fingerprint density at radius 2 is 2.17 bits per heavy atom. The Labute approximate surface area is 107 Å². The standard InChI is InChI=1S/C12H20N6/c1-4-5-11-12(13)14-16-18(11)8-10-6-7-17(15-10)9(2)3/h6-7,9H,4-5,8,13H2,1-3H3. The van der Waals surface area contributed by atoms with Crippen LogP contribution in [0.5, 0.6) is 0 Å². The van der Waals surface area contributed by atoms with Gasteiger partial charge in [0.2, 0.25) is 0 Å². The topological polar surface area (TPSA) is 74.5 Å². The van der Waals surface area contributed by atoms with Gasteiger partial charge in [0.15, 0.2) is 5.82 Å². The summed E-state index contributed by atoms with van der Waals surface area (Å²) in [5.74, 6) is 0.528. The first kappa shape index (κ1) is 12.6. The molecule has 6 nitrogen and oxygen atoms in total. The first-order valence-corrected chi connectivity index (χ1v) is 6.33. The van der Waals surface area contributed by atoms with Gasteiger partial charge in [0.1, 0.15) is 0 Å². The van der Waals surface area contributed by atoms with Gasteiger partial charge in [-0.2, -0.15) is 5.10 Å². The van der Waals surface area contributed by atoms with Crippen LogP contribution in [0.3, 0.4) is 0 Å². The highest BCUT2D eigenvalue weighted by atomic mass is 15.4. The van der Waals surface area contributed by atoms with Crippen molar-refractivity contribution in [2.45, 2.75) is 46.2 Å². The Bertz CT molecular complexity index is 510. The van der Waals surface area contributed by atoms with E-state index in [1.165, 1.54) is 0 Å². The normalized spacial score (nSPS) is 11.3. The summed E-state index contributed by atoms with van der Waals surface area (Å²) in [6.45, 7) is 6.95. The quantitative estimate of drug-likeness (QED) is 0.872. The lowest BCUT2D eigenvalue weighted by atomic mass is 10.2. The van der Waals surface area contributed by atoms with Gasteiger partial charge in [0.05, 0.1) is 17.9 Å². The molecule has 0 saturated heterocycles. The summed E-state index contributed by atoms with van der Waals surface area (Å²) in [6, 6.07) is 2.38. The Hall–Kier alpha value is -1.85. The lowest BCUT2D eigenvalue weighted by Crippen LogP contribution is -2.09. The molecule has 0 aliphatic carbocycles. The molecule has 2 aromatic heterocycles. The van der Waals surface area contributed by atoms with E-state index in [9.17, 15) is 0 Å². The van der Waals surface area contributed by atoms with E-state index in [4.69, 9.17) is 5.73 Å². The average Bonchev–Trinajstić information content (AvgIpc) is 2.91. The Morgan fingerprint density at radius 3 is 2.78 bits per heavy atom. The molecule has 0 aliphatic rings. The molecule has 2 rings (SSSR count). The molecule has 2 N–H and O–H groups in total. The van der Waals surface area contributed by atoms with Crippen LogP contribution in [0.2, 0.25) is 0 Å². The maximum Gasteiger partial charge on any atom is 0.169 e. The molecular formula is C12H20N6. The summed E-state index contributed by atoms with van der Waals surface area (Å²) in [5.41, 5.74) is 7.79. The monoisotopic (exact) mass is 248 g/mol. The third-order valence-corrected chi connectivity index (χ3v) is 2.86. The number of rotatable bonds is 5. The smallest absolute Gasteiger partial charge is 0.169 e. The molecule has 0 aliphatic heterocycles. The Balaban J connectivity index is 2.17. The van der Waals surface area contributed by atoms with Crippen molar-refractivity contribution >= 4 is 5.82 Å². The second-order valence-electron chi connectivity index (χ2n) is 4.71. The van der Waals surface area contributed by atoms with Crippen LogP contribution in [-0.4, -0.2) is 24.8 Å². The molecule has 0 radical (unpaired) electrons. The summed E-state index contributed by atoms with van der Waals surface area (Å²) in [6.07, 6.45) is 3.90. The molecule has 0 amide bonds. The van der Waals surface area contributed by atoms with Gasteiger partial charge in [0.25, 0.3) is 0 Å². The van der Waals surface area contributed by atoms with Gasteiger partial charge in [-0.1, -0.05) is 18.6 Å². The molecule has 0 unspecified atom stereocenters. The zero-order chi connectivity index (χ0) is 13.1. The van der Waals surface area contributed by atoms with Crippen molar-refractivity contribution in [3.05, 3.63) is 23.7 Å². The van der Waals surface area contributed by atoms with Crippen LogP contribution in [0.1, 0.15) is 44.6 Å². The first-order chi connectivity index (χ1) is 8.61. The van der Waals surface area contributed by atoms with Crippen LogP contribution in [0, 0.1) is 0 Å². The van der Waals surface area contributed by atoms with E-state index >= 15 is 0 Å². The second kappa shape index (κ2) is 5.20. The molecule has 6 heteroatoms. The molecule has 2 aromatic rings. The molecule has 0 aromatic carbocycles. The zero-order valence-electron chi connectivity index (χ0n) is 11.2. The number of hydrogen-bond acceptors (Lipinski definition) is 4. The second-order valence-corrected chi connectivity index (χ2v) is 4.71. The van der Waals surface area contributed by atoms with E-state index < -0.39 is 0 Å². The number of nitrogens with zero attached hydrogens (tertiary/aromatic N) is 5. The molecule has 0 atom stereocenters. The number of hydrogen-bond donors (Lipinski definition) is 1. The van der Waals surface area contributed by atoms with Crippen LogP contribution in [0.4, 0.5) is 5.82 Å². The van der Waals surface area contributed by atoms with Gasteiger partial charge in [-0.25, -0.2) is 4.68 Å². The Morgan fingerprint density at radius 1 is 1.39 bits per heavy atom. The minimum atomic E-state index is 0.370. The predicted molar refractivity (Wildman–Crippen MR) is 70.1 cm³/mol. The molecule has 0 bridgehead atoms. The largest absolute Gasteiger partial charge is 0.381 e. The first-order valence-electron chi connectivity index (χ1n) is 6.33. The van der Waals surface area contributed by atoms with Crippen molar-refractivity contribution in [2.24, 2.45) is 0 Å². The molecular weight excluding hydrogens is 228 g/mol. The van der Waals surface area contributed by atoms with Crippen LogP contribution < -0.4 is 5.73 Å². The minimum absolute atomic E-state index is 0.370. The number of nitrogen functional groups attached to an aromatic ring is 1. The van der Waals surface area contributed by atoms with E-state index in [0.29, 0.717) is 18.4 Å². The minimum Gasteiger partial charge on any atom is -0.381 e. The fourth-order valence-electron chi connectivity index (χ4n) is 1.87.